The maximum atomic E-state index is 12.5. The zero-order valence-corrected chi connectivity index (χ0v) is 15.6. The number of hydrogen-bond acceptors (Lipinski definition) is 5. The van der Waals surface area contributed by atoms with E-state index in [9.17, 15) is 13.2 Å². The monoisotopic (exact) mass is 390 g/mol. The Bertz CT molecular complexity index is 1070. The fourth-order valence-corrected chi connectivity index (χ4v) is 3.54. The summed E-state index contributed by atoms with van der Waals surface area (Å²) in [6, 6.07) is 13.4. The Hall–Kier alpha value is -2.57. The van der Waals surface area contributed by atoms with Gasteiger partial charge in [0.25, 0.3) is 0 Å². The minimum absolute atomic E-state index is 0.0188. The van der Waals surface area contributed by atoms with Crippen molar-refractivity contribution >= 4 is 27.4 Å². The highest BCUT2D eigenvalue weighted by Gasteiger charge is 2.24. The summed E-state index contributed by atoms with van der Waals surface area (Å²) in [7, 11) is -3.89. The van der Waals surface area contributed by atoms with E-state index in [2.05, 4.69) is 0 Å². The van der Waals surface area contributed by atoms with Gasteiger partial charge in [-0.1, -0.05) is 17.7 Å². The van der Waals surface area contributed by atoms with Crippen molar-refractivity contribution in [3.63, 3.8) is 0 Å². The van der Waals surface area contributed by atoms with Crippen LogP contribution in [-0.2, 0) is 9.84 Å². The molecule has 0 aliphatic heterocycles. The molecule has 0 saturated heterocycles. The molecule has 0 amide bonds. The lowest BCUT2D eigenvalue weighted by Gasteiger charge is -2.05. The molecular weight excluding hydrogens is 376 g/mol. The zero-order chi connectivity index (χ0) is 18.9. The maximum Gasteiger partial charge on any atom is 0.379 e. The number of halogens is 1. The summed E-state index contributed by atoms with van der Waals surface area (Å²) in [5.41, 5.74) is 2.04. The largest absolute Gasteiger partial charge is 0.437 e. The van der Waals surface area contributed by atoms with Crippen molar-refractivity contribution in [2.24, 2.45) is 0 Å². The molecule has 0 aliphatic rings. The first kappa shape index (κ1) is 18.2. The topological polar surface area (TPSA) is 73.6 Å². The van der Waals surface area contributed by atoms with Crippen LogP contribution in [0, 0.1) is 13.8 Å². The van der Waals surface area contributed by atoms with Crippen molar-refractivity contribution in [2.75, 3.05) is 0 Å². The van der Waals surface area contributed by atoms with Crippen molar-refractivity contribution in [2.45, 2.75) is 23.8 Å². The SMILES string of the molecule is Cc1ccc(OC(=O)c2ccc(S(=O)(=O)c3ccc(Cl)cc3)o2)cc1C. The van der Waals surface area contributed by atoms with Gasteiger partial charge in [-0.25, -0.2) is 13.2 Å². The van der Waals surface area contributed by atoms with Gasteiger partial charge in [0.05, 0.1) is 4.90 Å². The van der Waals surface area contributed by atoms with Gasteiger partial charge in [0.15, 0.2) is 0 Å². The lowest BCUT2D eigenvalue weighted by atomic mass is 10.1. The Morgan fingerprint density at radius 2 is 1.65 bits per heavy atom. The van der Waals surface area contributed by atoms with Gasteiger partial charge in [-0.3, -0.25) is 0 Å². The van der Waals surface area contributed by atoms with Crippen LogP contribution in [0.15, 0.2) is 69.0 Å². The number of benzene rings is 2. The standard InChI is InChI=1S/C19H15ClO5S/c1-12-3-6-15(11-13(12)2)24-19(21)17-9-10-18(25-17)26(22,23)16-7-4-14(20)5-8-16/h3-11H,1-2H3. The summed E-state index contributed by atoms with van der Waals surface area (Å²) < 4.78 is 35.5. The van der Waals surface area contributed by atoms with Gasteiger partial charge in [-0.15, -0.1) is 0 Å². The zero-order valence-electron chi connectivity index (χ0n) is 14.0. The highest BCUT2D eigenvalue weighted by molar-refractivity contribution is 7.91. The van der Waals surface area contributed by atoms with Crippen LogP contribution in [0.3, 0.4) is 0 Å². The molecule has 134 valence electrons. The first-order valence-corrected chi connectivity index (χ1v) is 9.53. The quantitative estimate of drug-likeness (QED) is 0.480. The third-order valence-corrected chi connectivity index (χ3v) is 5.75. The van der Waals surface area contributed by atoms with E-state index < -0.39 is 15.8 Å². The van der Waals surface area contributed by atoms with Crippen LogP contribution in [-0.4, -0.2) is 14.4 Å². The third kappa shape index (κ3) is 3.66. The lowest BCUT2D eigenvalue weighted by molar-refractivity contribution is 0.0695. The summed E-state index contributed by atoms with van der Waals surface area (Å²) in [4.78, 5) is 12.2. The van der Waals surface area contributed by atoms with E-state index in [1.807, 2.05) is 19.9 Å². The van der Waals surface area contributed by atoms with Gasteiger partial charge in [0.2, 0.25) is 20.7 Å². The lowest BCUT2D eigenvalue weighted by Crippen LogP contribution is -2.07. The number of hydrogen-bond donors (Lipinski definition) is 0. The van der Waals surface area contributed by atoms with Gasteiger partial charge in [-0.05, 0) is 73.5 Å². The number of furan rings is 1. The number of carbonyl (C=O) groups excluding carboxylic acids is 1. The summed E-state index contributed by atoms with van der Waals surface area (Å²) >= 11 is 5.77. The number of carbonyl (C=O) groups is 1. The molecule has 0 unspecified atom stereocenters. The van der Waals surface area contributed by atoms with Crippen LogP contribution in [0.1, 0.15) is 21.7 Å². The summed E-state index contributed by atoms with van der Waals surface area (Å²) in [6.45, 7) is 3.84. The van der Waals surface area contributed by atoms with E-state index in [-0.39, 0.29) is 15.7 Å². The van der Waals surface area contributed by atoms with Crippen molar-refractivity contribution in [1.29, 1.82) is 0 Å². The molecule has 1 heterocycles. The van der Waals surface area contributed by atoms with Crippen LogP contribution in [0.4, 0.5) is 0 Å². The summed E-state index contributed by atoms with van der Waals surface area (Å²) in [5.74, 6) is -0.613. The van der Waals surface area contributed by atoms with Crippen molar-refractivity contribution in [3.8, 4) is 5.75 Å². The number of aryl methyl sites for hydroxylation is 2. The molecule has 1 aromatic heterocycles. The Morgan fingerprint density at radius 1 is 0.962 bits per heavy atom. The van der Waals surface area contributed by atoms with Crippen LogP contribution < -0.4 is 4.74 Å². The molecule has 3 aromatic rings. The molecule has 0 atom stereocenters. The molecule has 0 N–H and O–H groups in total. The van der Waals surface area contributed by atoms with Crippen LogP contribution >= 0.6 is 11.6 Å². The molecule has 0 saturated carbocycles. The van der Waals surface area contributed by atoms with Gasteiger partial charge in [-0.2, -0.15) is 0 Å². The molecule has 0 spiro atoms. The molecule has 26 heavy (non-hydrogen) atoms. The second-order valence-electron chi connectivity index (χ2n) is 5.71. The molecule has 0 bridgehead atoms. The predicted molar refractivity (Wildman–Crippen MR) is 96.5 cm³/mol. The highest BCUT2D eigenvalue weighted by Crippen LogP contribution is 2.25. The molecule has 0 aliphatic carbocycles. The van der Waals surface area contributed by atoms with E-state index in [1.165, 1.54) is 36.4 Å². The first-order chi connectivity index (χ1) is 12.3. The van der Waals surface area contributed by atoms with Gasteiger partial charge in [0, 0.05) is 5.02 Å². The molecule has 0 fully saturated rings. The fourth-order valence-electron chi connectivity index (χ4n) is 2.24. The van der Waals surface area contributed by atoms with E-state index in [4.69, 9.17) is 20.8 Å². The molecule has 3 rings (SSSR count). The third-order valence-electron chi connectivity index (χ3n) is 3.86. The number of ether oxygens (including phenoxy) is 1. The van der Waals surface area contributed by atoms with Crippen molar-refractivity contribution in [1.82, 2.24) is 0 Å². The highest BCUT2D eigenvalue weighted by atomic mass is 35.5. The van der Waals surface area contributed by atoms with Crippen molar-refractivity contribution < 1.29 is 22.4 Å². The van der Waals surface area contributed by atoms with Gasteiger partial charge < -0.3 is 9.15 Å². The average Bonchev–Trinajstić information content (AvgIpc) is 3.10. The van der Waals surface area contributed by atoms with Crippen molar-refractivity contribution in [3.05, 3.63) is 76.5 Å². The maximum absolute atomic E-state index is 12.5. The molecule has 5 nitrogen and oxygen atoms in total. The molecular formula is C19H15ClO5S. The Kier molecular flexibility index (Phi) is 4.89. The Morgan fingerprint density at radius 3 is 2.31 bits per heavy atom. The molecule has 7 heteroatoms. The second kappa shape index (κ2) is 6.97. The Balaban J connectivity index is 1.83. The van der Waals surface area contributed by atoms with E-state index in [1.54, 1.807) is 12.1 Å². The predicted octanol–water partition coefficient (Wildman–Crippen LogP) is 4.60. The van der Waals surface area contributed by atoms with E-state index in [0.29, 0.717) is 10.8 Å². The van der Waals surface area contributed by atoms with Crippen LogP contribution in [0.2, 0.25) is 5.02 Å². The van der Waals surface area contributed by atoms with Gasteiger partial charge >= 0.3 is 5.97 Å². The summed E-state index contributed by atoms with van der Waals surface area (Å²) in [5, 5.41) is 0.0768. The number of esters is 1. The molecule has 0 radical (unpaired) electrons. The fraction of sp³-hybridized carbons (Fsp3) is 0.105. The van der Waals surface area contributed by atoms with Gasteiger partial charge in [0.1, 0.15) is 5.75 Å². The average molecular weight is 391 g/mol. The number of sulfone groups is 1. The minimum atomic E-state index is -3.89. The normalized spacial score (nSPS) is 11.3. The van der Waals surface area contributed by atoms with E-state index >= 15 is 0 Å². The van der Waals surface area contributed by atoms with Crippen LogP contribution in [0.5, 0.6) is 5.75 Å². The summed E-state index contributed by atoms with van der Waals surface area (Å²) in [6.07, 6.45) is 0. The van der Waals surface area contributed by atoms with Crippen LogP contribution in [0.25, 0.3) is 0 Å². The second-order valence-corrected chi connectivity index (χ2v) is 8.03. The molecule has 2 aromatic carbocycles. The smallest absolute Gasteiger partial charge is 0.379 e. The minimum Gasteiger partial charge on any atom is -0.437 e. The Labute approximate surface area is 156 Å². The number of rotatable bonds is 4. The van der Waals surface area contributed by atoms with E-state index in [0.717, 1.165) is 11.1 Å². The first-order valence-electron chi connectivity index (χ1n) is 7.67.